The van der Waals surface area contributed by atoms with Gasteiger partial charge < -0.3 is 10.1 Å². The molecule has 1 amide bonds. The van der Waals surface area contributed by atoms with Crippen LogP contribution in [0.25, 0.3) is 5.69 Å². The number of carbonyl (C=O) groups is 1. The van der Waals surface area contributed by atoms with Crippen molar-refractivity contribution in [3.8, 4) is 5.69 Å². The van der Waals surface area contributed by atoms with Crippen molar-refractivity contribution in [3.05, 3.63) is 46.8 Å². The van der Waals surface area contributed by atoms with Gasteiger partial charge in [-0.05, 0) is 43.7 Å². The molecule has 3 rings (SSSR count). The second-order valence-electron chi connectivity index (χ2n) is 8.05. The molecule has 0 spiro atoms. The Balaban J connectivity index is 1.99. The second kappa shape index (κ2) is 8.26. The van der Waals surface area contributed by atoms with E-state index in [2.05, 4.69) is 64.2 Å². The second-order valence-corrected chi connectivity index (χ2v) is 8.05. The highest BCUT2D eigenvalue weighted by atomic mass is 16.5. The molecule has 5 nitrogen and oxygen atoms in total. The topological polar surface area (TPSA) is 56.2 Å². The summed E-state index contributed by atoms with van der Waals surface area (Å²) in [6.45, 7) is 11.8. The van der Waals surface area contributed by atoms with E-state index >= 15 is 0 Å². The standard InChI is InChI=1S/C22H31N3O2/c1-14(2)20-19(22(26)23-13-18-7-6-12-27-18)21(15(3)4)25(24-20)17-10-8-16(5)9-11-17/h8-11,14-15,18H,6-7,12-13H2,1-5H3,(H,23,26)/t18-/m0/s1. The minimum atomic E-state index is -0.0451. The van der Waals surface area contributed by atoms with Gasteiger partial charge in [0, 0.05) is 13.2 Å². The van der Waals surface area contributed by atoms with Gasteiger partial charge in [0.25, 0.3) is 5.91 Å². The Bertz CT molecular complexity index is 785. The van der Waals surface area contributed by atoms with E-state index in [4.69, 9.17) is 9.84 Å². The molecule has 0 radical (unpaired) electrons. The molecule has 2 heterocycles. The van der Waals surface area contributed by atoms with Gasteiger partial charge in [0.05, 0.1) is 28.7 Å². The number of ether oxygens (including phenoxy) is 1. The Morgan fingerprint density at radius 3 is 2.48 bits per heavy atom. The fourth-order valence-corrected chi connectivity index (χ4v) is 3.60. The van der Waals surface area contributed by atoms with Crippen LogP contribution in [0.3, 0.4) is 0 Å². The first-order valence-electron chi connectivity index (χ1n) is 9.98. The monoisotopic (exact) mass is 369 g/mol. The van der Waals surface area contributed by atoms with E-state index in [-0.39, 0.29) is 23.8 Å². The Kier molecular flexibility index (Phi) is 6.00. The SMILES string of the molecule is Cc1ccc(-n2nc(C(C)C)c(C(=O)NC[C@@H]3CCCO3)c2C(C)C)cc1. The summed E-state index contributed by atoms with van der Waals surface area (Å²) in [7, 11) is 0. The Hall–Kier alpha value is -2.14. The molecule has 1 aliphatic rings. The largest absolute Gasteiger partial charge is 0.376 e. The van der Waals surface area contributed by atoms with Crippen molar-refractivity contribution in [3.63, 3.8) is 0 Å². The maximum Gasteiger partial charge on any atom is 0.255 e. The van der Waals surface area contributed by atoms with Gasteiger partial charge in [-0.2, -0.15) is 5.10 Å². The summed E-state index contributed by atoms with van der Waals surface area (Å²) in [6.07, 6.45) is 2.21. The van der Waals surface area contributed by atoms with Crippen LogP contribution in [-0.2, 0) is 4.74 Å². The predicted octanol–water partition coefficient (Wildman–Crippen LogP) is 4.34. The van der Waals surface area contributed by atoms with E-state index in [9.17, 15) is 4.79 Å². The molecule has 27 heavy (non-hydrogen) atoms. The third-order valence-electron chi connectivity index (χ3n) is 5.06. The minimum absolute atomic E-state index is 0.0451. The number of hydrogen-bond acceptors (Lipinski definition) is 3. The number of aromatic nitrogens is 2. The first-order chi connectivity index (χ1) is 12.9. The summed E-state index contributed by atoms with van der Waals surface area (Å²) in [5.74, 6) is 0.295. The van der Waals surface area contributed by atoms with Crippen molar-refractivity contribution in [2.75, 3.05) is 13.2 Å². The fraction of sp³-hybridized carbons (Fsp3) is 0.545. The molecule has 5 heteroatoms. The molecule has 0 bridgehead atoms. The maximum absolute atomic E-state index is 13.1. The molecule has 1 fully saturated rings. The molecule has 0 aliphatic carbocycles. The van der Waals surface area contributed by atoms with Crippen molar-refractivity contribution in [2.45, 2.75) is 65.4 Å². The van der Waals surface area contributed by atoms with Gasteiger partial charge in [-0.15, -0.1) is 0 Å². The Morgan fingerprint density at radius 2 is 1.93 bits per heavy atom. The average molecular weight is 370 g/mol. The fourth-order valence-electron chi connectivity index (χ4n) is 3.60. The molecule has 1 N–H and O–H groups in total. The lowest BCUT2D eigenvalue weighted by atomic mass is 9.98. The number of rotatable bonds is 6. The molecule has 0 saturated carbocycles. The first kappa shape index (κ1) is 19.6. The number of benzene rings is 1. The number of amides is 1. The number of nitrogens with one attached hydrogen (secondary N) is 1. The van der Waals surface area contributed by atoms with Gasteiger partial charge in [-0.3, -0.25) is 4.79 Å². The van der Waals surface area contributed by atoms with Gasteiger partial charge in [-0.1, -0.05) is 45.4 Å². The number of nitrogens with zero attached hydrogens (tertiary/aromatic N) is 2. The predicted molar refractivity (Wildman–Crippen MR) is 108 cm³/mol. The Morgan fingerprint density at radius 1 is 1.22 bits per heavy atom. The molecule has 0 unspecified atom stereocenters. The molecule has 1 atom stereocenters. The highest BCUT2D eigenvalue weighted by Gasteiger charge is 2.28. The lowest BCUT2D eigenvalue weighted by Crippen LogP contribution is -2.33. The van der Waals surface area contributed by atoms with Crippen LogP contribution in [0.4, 0.5) is 0 Å². The smallest absolute Gasteiger partial charge is 0.255 e. The summed E-state index contributed by atoms with van der Waals surface area (Å²) in [4.78, 5) is 13.1. The van der Waals surface area contributed by atoms with Crippen molar-refractivity contribution in [1.29, 1.82) is 0 Å². The van der Waals surface area contributed by atoms with E-state index in [1.807, 2.05) is 4.68 Å². The third kappa shape index (κ3) is 4.24. The number of aryl methyl sites for hydroxylation is 1. The van der Waals surface area contributed by atoms with Crippen LogP contribution in [0.5, 0.6) is 0 Å². The van der Waals surface area contributed by atoms with Crippen molar-refractivity contribution >= 4 is 5.91 Å². The molecular formula is C22H31N3O2. The van der Waals surface area contributed by atoms with E-state index in [1.165, 1.54) is 5.56 Å². The molecule has 1 aromatic carbocycles. The number of hydrogen-bond donors (Lipinski definition) is 1. The summed E-state index contributed by atoms with van der Waals surface area (Å²) in [5.41, 5.74) is 4.73. The first-order valence-corrected chi connectivity index (χ1v) is 9.98. The molecule has 2 aromatic rings. The Labute approximate surface area is 162 Å². The van der Waals surface area contributed by atoms with Crippen LogP contribution in [0.1, 0.15) is 79.7 Å². The highest BCUT2D eigenvalue weighted by molar-refractivity contribution is 5.97. The molecule has 1 aromatic heterocycles. The molecule has 1 aliphatic heterocycles. The molecule has 1 saturated heterocycles. The van der Waals surface area contributed by atoms with Crippen molar-refractivity contribution in [1.82, 2.24) is 15.1 Å². The van der Waals surface area contributed by atoms with Gasteiger partial charge in [-0.25, -0.2) is 4.68 Å². The quantitative estimate of drug-likeness (QED) is 0.824. The normalized spacial score (nSPS) is 17.1. The van der Waals surface area contributed by atoms with Gasteiger partial charge >= 0.3 is 0 Å². The van der Waals surface area contributed by atoms with E-state index in [1.54, 1.807) is 0 Å². The zero-order valence-electron chi connectivity index (χ0n) is 17.1. The lowest BCUT2D eigenvalue weighted by molar-refractivity contribution is 0.0855. The minimum Gasteiger partial charge on any atom is -0.376 e. The third-order valence-corrected chi connectivity index (χ3v) is 5.06. The average Bonchev–Trinajstić information content (AvgIpc) is 3.28. The summed E-state index contributed by atoms with van der Waals surface area (Å²) >= 11 is 0. The van der Waals surface area contributed by atoms with E-state index < -0.39 is 0 Å². The molecular weight excluding hydrogens is 338 g/mol. The van der Waals surface area contributed by atoms with E-state index in [0.717, 1.165) is 42.1 Å². The summed E-state index contributed by atoms with van der Waals surface area (Å²) in [5, 5.41) is 7.94. The van der Waals surface area contributed by atoms with Crippen LogP contribution in [0.2, 0.25) is 0 Å². The highest BCUT2D eigenvalue weighted by Crippen LogP contribution is 2.30. The van der Waals surface area contributed by atoms with Crippen LogP contribution in [0.15, 0.2) is 24.3 Å². The molecule has 146 valence electrons. The van der Waals surface area contributed by atoms with Crippen molar-refractivity contribution in [2.24, 2.45) is 0 Å². The lowest BCUT2D eigenvalue weighted by Gasteiger charge is -2.15. The van der Waals surface area contributed by atoms with Gasteiger partial charge in [0.2, 0.25) is 0 Å². The van der Waals surface area contributed by atoms with Gasteiger partial charge in [0.15, 0.2) is 0 Å². The van der Waals surface area contributed by atoms with Crippen LogP contribution >= 0.6 is 0 Å². The van der Waals surface area contributed by atoms with Crippen LogP contribution < -0.4 is 5.32 Å². The summed E-state index contributed by atoms with van der Waals surface area (Å²) < 4.78 is 7.59. The van der Waals surface area contributed by atoms with Crippen LogP contribution in [0, 0.1) is 6.92 Å². The van der Waals surface area contributed by atoms with Crippen molar-refractivity contribution < 1.29 is 9.53 Å². The summed E-state index contributed by atoms with van der Waals surface area (Å²) in [6, 6.07) is 8.28. The van der Waals surface area contributed by atoms with Gasteiger partial charge in [0.1, 0.15) is 0 Å². The zero-order valence-corrected chi connectivity index (χ0v) is 17.1. The number of carbonyl (C=O) groups excluding carboxylic acids is 1. The van der Waals surface area contributed by atoms with Crippen LogP contribution in [-0.4, -0.2) is 34.9 Å². The van der Waals surface area contributed by atoms with E-state index in [0.29, 0.717) is 6.54 Å². The zero-order chi connectivity index (χ0) is 19.6. The maximum atomic E-state index is 13.1.